The Labute approximate surface area is 115 Å². The Bertz CT molecular complexity index is 212. The molecule has 0 aromatic heterocycles. The molecule has 0 nitrogen and oxygen atoms in total. The summed E-state index contributed by atoms with van der Waals surface area (Å²) in [5.41, 5.74) is 0. The Balaban J connectivity index is 0.000000771. The van der Waals surface area contributed by atoms with Crippen LogP contribution in [0.15, 0.2) is 12.2 Å². The molecule has 2 aliphatic carbocycles. The van der Waals surface area contributed by atoms with E-state index in [1.54, 1.807) is 0 Å². The smallest absolute Gasteiger partial charge is 0.0233 e. The summed E-state index contributed by atoms with van der Waals surface area (Å²) in [5, 5.41) is 0. The van der Waals surface area contributed by atoms with Gasteiger partial charge in [-0.1, -0.05) is 45.8 Å². The average molecular weight is 250 g/mol. The molecule has 0 aromatic carbocycles. The maximum Gasteiger partial charge on any atom is -0.0233 e. The van der Waals surface area contributed by atoms with Crippen molar-refractivity contribution in [3.05, 3.63) is 12.2 Å². The molecule has 0 amide bonds. The monoisotopic (exact) mass is 250 g/mol. The highest BCUT2D eigenvalue weighted by Gasteiger charge is 2.28. The van der Waals surface area contributed by atoms with Crippen LogP contribution in [-0.4, -0.2) is 0 Å². The molecular weight excluding hydrogens is 216 g/mol. The third-order valence-corrected chi connectivity index (χ3v) is 5.01. The SMILES string of the molecule is C/C=C/C1CCC(C2CCC(C)CC2)CC1.CC. The minimum atomic E-state index is 0.906. The molecule has 0 unspecified atom stereocenters. The Morgan fingerprint density at radius 3 is 1.61 bits per heavy atom. The van der Waals surface area contributed by atoms with Crippen LogP contribution in [0.25, 0.3) is 0 Å². The van der Waals surface area contributed by atoms with E-state index < -0.39 is 0 Å². The quantitative estimate of drug-likeness (QED) is 0.510. The van der Waals surface area contributed by atoms with E-state index >= 15 is 0 Å². The van der Waals surface area contributed by atoms with Crippen molar-refractivity contribution in [3.8, 4) is 0 Å². The Morgan fingerprint density at radius 1 is 0.722 bits per heavy atom. The van der Waals surface area contributed by atoms with Gasteiger partial charge in [0.1, 0.15) is 0 Å². The van der Waals surface area contributed by atoms with Crippen LogP contribution in [0.4, 0.5) is 0 Å². The highest BCUT2D eigenvalue weighted by molar-refractivity contribution is 4.90. The lowest BCUT2D eigenvalue weighted by Crippen LogP contribution is -2.24. The summed E-state index contributed by atoms with van der Waals surface area (Å²) in [4.78, 5) is 0. The van der Waals surface area contributed by atoms with Gasteiger partial charge < -0.3 is 0 Å². The fourth-order valence-corrected chi connectivity index (χ4v) is 3.84. The first-order valence-electron chi connectivity index (χ1n) is 8.42. The summed E-state index contributed by atoms with van der Waals surface area (Å²) in [6.07, 6.45) is 16.7. The van der Waals surface area contributed by atoms with Crippen molar-refractivity contribution in [3.63, 3.8) is 0 Å². The largest absolute Gasteiger partial charge is 0.0914 e. The molecule has 0 aliphatic heterocycles. The molecule has 2 rings (SSSR count). The standard InChI is InChI=1S/C16H28.C2H6/c1-3-4-14-7-11-16(12-8-14)15-9-5-13(2)6-10-15;1-2/h3-4,13-16H,5-12H2,1-2H3;1-2H3/b4-3+;. The van der Waals surface area contributed by atoms with Crippen LogP contribution < -0.4 is 0 Å². The van der Waals surface area contributed by atoms with E-state index in [1.165, 1.54) is 51.4 Å². The zero-order chi connectivity index (χ0) is 13.4. The Hall–Kier alpha value is -0.260. The summed E-state index contributed by atoms with van der Waals surface area (Å²) >= 11 is 0. The molecule has 0 saturated heterocycles. The summed E-state index contributed by atoms with van der Waals surface area (Å²) < 4.78 is 0. The van der Waals surface area contributed by atoms with Gasteiger partial charge in [0.15, 0.2) is 0 Å². The van der Waals surface area contributed by atoms with Crippen LogP contribution in [0.5, 0.6) is 0 Å². The van der Waals surface area contributed by atoms with Crippen molar-refractivity contribution in [2.75, 3.05) is 0 Å². The molecular formula is C18H34. The summed E-state index contributed by atoms with van der Waals surface area (Å²) in [7, 11) is 0. The van der Waals surface area contributed by atoms with Gasteiger partial charge in [-0.3, -0.25) is 0 Å². The third-order valence-electron chi connectivity index (χ3n) is 5.01. The molecule has 0 aromatic rings. The van der Waals surface area contributed by atoms with Crippen molar-refractivity contribution in [2.24, 2.45) is 23.7 Å². The van der Waals surface area contributed by atoms with Gasteiger partial charge in [-0.2, -0.15) is 0 Å². The average Bonchev–Trinajstić information content (AvgIpc) is 2.43. The third kappa shape index (κ3) is 4.78. The number of allylic oxidation sites excluding steroid dienone is 2. The van der Waals surface area contributed by atoms with Gasteiger partial charge in [0.05, 0.1) is 0 Å². The van der Waals surface area contributed by atoms with Gasteiger partial charge in [0.25, 0.3) is 0 Å². The second-order valence-electron chi connectivity index (χ2n) is 6.22. The van der Waals surface area contributed by atoms with E-state index in [0.29, 0.717) is 0 Å². The van der Waals surface area contributed by atoms with Crippen LogP contribution in [0.2, 0.25) is 0 Å². The van der Waals surface area contributed by atoms with Crippen molar-refractivity contribution in [2.45, 2.75) is 79.1 Å². The molecule has 2 fully saturated rings. The van der Waals surface area contributed by atoms with Crippen molar-refractivity contribution < 1.29 is 0 Å². The minimum Gasteiger partial charge on any atom is -0.0914 e. The van der Waals surface area contributed by atoms with Gasteiger partial charge in [0, 0.05) is 0 Å². The molecule has 0 radical (unpaired) electrons. The predicted octanol–water partition coefficient (Wildman–Crippen LogP) is 6.22. The van der Waals surface area contributed by atoms with Crippen molar-refractivity contribution in [1.82, 2.24) is 0 Å². The van der Waals surface area contributed by atoms with E-state index in [0.717, 1.165) is 23.7 Å². The number of hydrogen-bond acceptors (Lipinski definition) is 0. The predicted molar refractivity (Wildman–Crippen MR) is 82.7 cm³/mol. The van der Waals surface area contributed by atoms with E-state index in [1.807, 2.05) is 13.8 Å². The van der Waals surface area contributed by atoms with Crippen LogP contribution >= 0.6 is 0 Å². The lowest BCUT2D eigenvalue weighted by atomic mass is 9.69. The van der Waals surface area contributed by atoms with Crippen LogP contribution in [0.3, 0.4) is 0 Å². The summed E-state index contributed by atoms with van der Waals surface area (Å²) in [6.45, 7) is 8.59. The van der Waals surface area contributed by atoms with Crippen molar-refractivity contribution in [1.29, 1.82) is 0 Å². The summed E-state index contributed by atoms with van der Waals surface area (Å²) in [6, 6.07) is 0. The molecule has 0 heterocycles. The molecule has 2 aliphatic rings. The molecule has 0 N–H and O–H groups in total. The first-order valence-corrected chi connectivity index (χ1v) is 8.42. The second kappa shape index (κ2) is 8.77. The fraction of sp³-hybridized carbons (Fsp3) is 0.889. The molecule has 106 valence electrons. The van der Waals surface area contributed by atoms with E-state index in [-0.39, 0.29) is 0 Å². The number of hydrogen-bond donors (Lipinski definition) is 0. The zero-order valence-electron chi connectivity index (χ0n) is 13.1. The highest BCUT2D eigenvalue weighted by atomic mass is 14.3. The lowest BCUT2D eigenvalue weighted by Gasteiger charge is -2.36. The number of rotatable bonds is 2. The molecule has 2 saturated carbocycles. The molecule has 0 heteroatoms. The minimum absolute atomic E-state index is 0.906. The second-order valence-corrected chi connectivity index (χ2v) is 6.22. The van der Waals surface area contributed by atoms with E-state index in [9.17, 15) is 0 Å². The molecule has 0 atom stereocenters. The fourth-order valence-electron chi connectivity index (χ4n) is 3.84. The van der Waals surface area contributed by atoms with Crippen molar-refractivity contribution >= 4 is 0 Å². The normalized spacial score (nSPS) is 37.1. The van der Waals surface area contributed by atoms with Crippen LogP contribution in [0, 0.1) is 23.7 Å². The maximum atomic E-state index is 2.43. The highest BCUT2D eigenvalue weighted by Crippen LogP contribution is 2.41. The topological polar surface area (TPSA) is 0 Å². The van der Waals surface area contributed by atoms with Gasteiger partial charge in [-0.15, -0.1) is 0 Å². The maximum absolute atomic E-state index is 2.43. The zero-order valence-corrected chi connectivity index (χ0v) is 13.1. The van der Waals surface area contributed by atoms with Gasteiger partial charge in [-0.25, -0.2) is 0 Å². The first-order chi connectivity index (χ1) is 8.79. The summed E-state index contributed by atoms with van der Waals surface area (Å²) in [5.74, 6) is 4.08. The lowest BCUT2D eigenvalue weighted by molar-refractivity contribution is 0.160. The molecule has 18 heavy (non-hydrogen) atoms. The Kier molecular flexibility index (Phi) is 7.70. The van der Waals surface area contributed by atoms with Gasteiger partial charge in [-0.05, 0) is 69.1 Å². The van der Waals surface area contributed by atoms with E-state index in [2.05, 4.69) is 26.0 Å². The molecule has 0 spiro atoms. The Morgan fingerprint density at radius 2 is 1.17 bits per heavy atom. The van der Waals surface area contributed by atoms with E-state index in [4.69, 9.17) is 0 Å². The van der Waals surface area contributed by atoms with Crippen LogP contribution in [0.1, 0.15) is 79.1 Å². The van der Waals surface area contributed by atoms with Crippen LogP contribution in [-0.2, 0) is 0 Å². The van der Waals surface area contributed by atoms with Gasteiger partial charge >= 0.3 is 0 Å². The molecule has 0 bridgehead atoms. The first kappa shape index (κ1) is 15.8. The van der Waals surface area contributed by atoms with Gasteiger partial charge in [0.2, 0.25) is 0 Å².